The van der Waals surface area contributed by atoms with Gasteiger partial charge in [0.2, 0.25) is 0 Å². The van der Waals surface area contributed by atoms with Crippen molar-refractivity contribution >= 4 is 17.1 Å². The molecule has 0 spiro atoms. The Morgan fingerprint density at radius 2 is 2.04 bits per heavy atom. The molecule has 26 heavy (non-hydrogen) atoms. The van der Waals surface area contributed by atoms with Crippen LogP contribution >= 0.6 is 0 Å². The second-order valence-corrected chi connectivity index (χ2v) is 6.53. The van der Waals surface area contributed by atoms with Crippen molar-refractivity contribution in [3.8, 4) is 5.75 Å². The van der Waals surface area contributed by atoms with E-state index in [4.69, 9.17) is 4.74 Å². The monoisotopic (exact) mass is 351 g/mol. The van der Waals surface area contributed by atoms with E-state index in [1.807, 2.05) is 36.2 Å². The first-order valence-electron chi connectivity index (χ1n) is 8.75. The van der Waals surface area contributed by atoms with Crippen molar-refractivity contribution in [3.05, 3.63) is 47.9 Å². The van der Waals surface area contributed by atoms with Crippen molar-refractivity contribution in [2.24, 2.45) is 7.05 Å². The van der Waals surface area contributed by atoms with Gasteiger partial charge in [0.05, 0.1) is 18.4 Å². The molecule has 0 unspecified atom stereocenters. The topological polar surface area (TPSA) is 73.1 Å². The van der Waals surface area contributed by atoms with Crippen LogP contribution in [0.1, 0.15) is 34.8 Å². The van der Waals surface area contributed by atoms with Crippen molar-refractivity contribution in [2.75, 3.05) is 20.2 Å². The molecule has 1 fully saturated rings. The highest BCUT2D eigenvalue weighted by molar-refractivity contribution is 5.97. The number of aryl methyl sites for hydroxylation is 1. The van der Waals surface area contributed by atoms with E-state index >= 15 is 0 Å². The highest BCUT2D eigenvalue weighted by atomic mass is 16.5. The van der Waals surface area contributed by atoms with Gasteiger partial charge in [0.1, 0.15) is 11.3 Å². The molecule has 0 bridgehead atoms. The molecule has 1 aliphatic rings. The Balaban J connectivity index is 1.62. The highest BCUT2D eigenvalue weighted by Gasteiger charge is 2.30. The summed E-state index contributed by atoms with van der Waals surface area (Å²) in [5, 5.41) is 4.64. The van der Waals surface area contributed by atoms with Crippen LogP contribution < -0.4 is 4.74 Å². The number of hydrogen-bond acceptors (Lipinski definition) is 5. The summed E-state index contributed by atoms with van der Waals surface area (Å²) in [4.78, 5) is 23.7. The Morgan fingerprint density at radius 3 is 2.88 bits per heavy atom. The van der Waals surface area contributed by atoms with Crippen LogP contribution in [0.5, 0.6) is 5.75 Å². The third kappa shape index (κ3) is 2.79. The van der Waals surface area contributed by atoms with Crippen LogP contribution in [0.25, 0.3) is 11.2 Å². The quantitative estimate of drug-likeness (QED) is 0.724. The van der Waals surface area contributed by atoms with E-state index in [0.717, 1.165) is 36.2 Å². The van der Waals surface area contributed by atoms with E-state index in [1.54, 1.807) is 24.2 Å². The molecule has 3 aromatic rings. The fraction of sp³-hybridized carbons (Fsp3) is 0.368. The number of ether oxygens (including phenoxy) is 1. The number of para-hydroxylation sites is 1. The minimum Gasteiger partial charge on any atom is -0.496 e. The van der Waals surface area contributed by atoms with Crippen LogP contribution in [-0.4, -0.2) is 50.8 Å². The zero-order chi connectivity index (χ0) is 18.1. The third-order valence-corrected chi connectivity index (χ3v) is 4.92. The molecule has 3 heterocycles. The van der Waals surface area contributed by atoms with Gasteiger partial charge < -0.3 is 9.64 Å². The highest BCUT2D eigenvalue weighted by Crippen LogP contribution is 2.31. The van der Waals surface area contributed by atoms with Crippen molar-refractivity contribution in [1.82, 2.24) is 24.6 Å². The molecule has 7 heteroatoms. The summed E-state index contributed by atoms with van der Waals surface area (Å²) in [7, 11) is 3.46. The molecule has 0 N–H and O–H groups in total. The lowest BCUT2D eigenvalue weighted by Gasteiger charge is -2.32. The van der Waals surface area contributed by atoms with E-state index < -0.39 is 0 Å². The molecule has 1 aromatic carbocycles. The summed E-state index contributed by atoms with van der Waals surface area (Å²) in [6.45, 7) is 1.36. The summed E-state index contributed by atoms with van der Waals surface area (Å²) < 4.78 is 7.11. The minimum atomic E-state index is -0.00142. The lowest BCUT2D eigenvalue weighted by molar-refractivity contribution is 0.0702. The SMILES string of the molecule is COc1ccccc1C(=O)N1CCC[C@H](c2nn(C)c3nccnc23)C1. The van der Waals surface area contributed by atoms with Crippen LogP contribution in [-0.2, 0) is 7.05 Å². The first-order valence-corrected chi connectivity index (χ1v) is 8.75. The molecule has 1 saturated heterocycles. The molecule has 1 amide bonds. The Morgan fingerprint density at radius 1 is 1.23 bits per heavy atom. The molecule has 2 aromatic heterocycles. The van der Waals surface area contributed by atoms with Crippen molar-refractivity contribution in [1.29, 1.82) is 0 Å². The van der Waals surface area contributed by atoms with E-state index in [0.29, 0.717) is 17.9 Å². The number of amides is 1. The molecule has 0 radical (unpaired) electrons. The third-order valence-electron chi connectivity index (χ3n) is 4.92. The largest absolute Gasteiger partial charge is 0.496 e. The number of methoxy groups -OCH3 is 1. The number of rotatable bonds is 3. The number of hydrogen-bond donors (Lipinski definition) is 0. The molecular weight excluding hydrogens is 330 g/mol. The maximum Gasteiger partial charge on any atom is 0.257 e. The average Bonchev–Trinajstić information content (AvgIpc) is 3.04. The molecular formula is C19H21N5O2. The standard InChI is InChI=1S/C19H21N5O2/c1-23-18-17(20-9-10-21-18)16(22-23)13-6-5-11-24(12-13)19(25)14-7-3-4-8-15(14)26-2/h3-4,7-10,13H,5-6,11-12H2,1-2H3/t13-/m0/s1. The van der Waals surface area contributed by atoms with Gasteiger partial charge in [-0.25, -0.2) is 14.6 Å². The lowest BCUT2D eigenvalue weighted by atomic mass is 9.93. The summed E-state index contributed by atoms with van der Waals surface area (Å²) in [6, 6.07) is 7.36. The van der Waals surface area contributed by atoms with Gasteiger partial charge in [-0.3, -0.25) is 4.79 Å². The Hall–Kier alpha value is -2.96. The van der Waals surface area contributed by atoms with Crippen molar-refractivity contribution in [3.63, 3.8) is 0 Å². The van der Waals surface area contributed by atoms with Gasteiger partial charge >= 0.3 is 0 Å². The summed E-state index contributed by atoms with van der Waals surface area (Å²) in [5.74, 6) is 0.759. The molecule has 4 rings (SSSR count). The minimum absolute atomic E-state index is 0.00142. The fourth-order valence-corrected chi connectivity index (χ4v) is 3.66. The normalized spacial score (nSPS) is 17.5. The van der Waals surface area contributed by atoms with E-state index in [9.17, 15) is 4.79 Å². The zero-order valence-corrected chi connectivity index (χ0v) is 14.9. The van der Waals surface area contributed by atoms with Crippen LogP contribution in [0.15, 0.2) is 36.7 Å². The van der Waals surface area contributed by atoms with Crippen molar-refractivity contribution in [2.45, 2.75) is 18.8 Å². The van der Waals surface area contributed by atoms with Gasteiger partial charge in [-0.05, 0) is 25.0 Å². The molecule has 134 valence electrons. The number of piperidine rings is 1. The van der Waals surface area contributed by atoms with Crippen molar-refractivity contribution < 1.29 is 9.53 Å². The number of likely N-dealkylation sites (tertiary alicyclic amines) is 1. The van der Waals surface area contributed by atoms with E-state index in [2.05, 4.69) is 15.1 Å². The number of aromatic nitrogens is 4. The van der Waals surface area contributed by atoms with Gasteiger partial charge in [-0.2, -0.15) is 5.10 Å². The Bertz CT molecular complexity index is 952. The molecule has 1 atom stereocenters. The Kier molecular flexibility index (Phi) is 4.28. The smallest absolute Gasteiger partial charge is 0.257 e. The fourth-order valence-electron chi connectivity index (χ4n) is 3.66. The maximum absolute atomic E-state index is 13.0. The average molecular weight is 351 g/mol. The van der Waals surface area contributed by atoms with Crippen LogP contribution in [0, 0.1) is 0 Å². The lowest BCUT2D eigenvalue weighted by Crippen LogP contribution is -2.39. The first-order chi connectivity index (χ1) is 12.7. The van der Waals surface area contributed by atoms with Crippen LogP contribution in [0.3, 0.4) is 0 Å². The number of carbonyl (C=O) groups excluding carboxylic acids is 1. The van der Waals surface area contributed by atoms with Gasteiger partial charge in [-0.15, -0.1) is 0 Å². The second kappa shape index (κ2) is 6.74. The molecule has 0 saturated carbocycles. The van der Waals surface area contributed by atoms with Gasteiger partial charge in [-0.1, -0.05) is 12.1 Å². The summed E-state index contributed by atoms with van der Waals surface area (Å²) in [5.41, 5.74) is 3.12. The van der Waals surface area contributed by atoms with E-state index in [1.165, 1.54) is 0 Å². The second-order valence-electron chi connectivity index (χ2n) is 6.53. The predicted molar refractivity (Wildman–Crippen MR) is 97.2 cm³/mol. The van der Waals surface area contributed by atoms with Gasteiger partial charge in [0.15, 0.2) is 5.65 Å². The predicted octanol–water partition coefficient (Wildman–Crippen LogP) is 2.39. The molecule has 0 aliphatic carbocycles. The van der Waals surface area contributed by atoms with Gasteiger partial charge in [0, 0.05) is 38.4 Å². The summed E-state index contributed by atoms with van der Waals surface area (Å²) in [6.07, 6.45) is 5.28. The van der Waals surface area contributed by atoms with E-state index in [-0.39, 0.29) is 11.8 Å². The number of nitrogens with zero attached hydrogens (tertiary/aromatic N) is 5. The molecule has 1 aliphatic heterocycles. The number of benzene rings is 1. The number of carbonyl (C=O) groups is 1. The first kappa shape index (κ1) is 16.5. The molecule has 7 nitrogen and oxygen atoms in total. The number of fused-ring (bicyclic) bond motifs is 1. The zero-order valence-electron chi connectivity index (χ0n) is 14.9. The maximum atomic E-state index is 13.0. The van der Waals surface area contributed by atoms with Crippen LogP contribution in [0.4, 0.5) is 0 Å². The van der Waals surface area contributed by atoms with Gasteiger partial charge in [0.25, 0.3) is 5.91 Å². The summed E-state index contributed by atoms with van der Waals surface area (Å²) >= 11 is 0. The Labute approximate surface area is 151 Å². The van der Waals surface area contributed by atoms with Crippen LogP contribution in [0.2, 0.25) is 0 Å².